The fourth-order valence-electron chi connectivity index (χ4n) is 4.41. The van der Waals surface area contributed by atoms with Crippen LogP contribution in [0.25, 0.3) is 5.65 Å². The molecule has 1 spiro atoms. The number of nitrogens with two attached hydrogens (primary N) is 1. The molecule has 0 aromatic carbocycles. The highest BCUT2D eigenvalue weighted by Crippen LogP contribution is 2.52. The molecule has 5 rings (SSSR count). The number of rotatable bonds is 3. The van der Waals surface area contributed by atoms with Crippen molar-refractivity contribution in [2.45, 2.75) is 29.6 Å². The monoisotopic (exact) mass is 386 g/mol. The lowest BCUT2D eigenvalue weighted by molar-refractivity contribution is 0.0324. The Hall–Kier alpha value is -1.99. The van der Waals surface area contributed by atoms with Crippen molar-refractivity contribution in [1.82, 2.24) is 19.4 Å². The summed E-state index contributed by atoms with van der Waals surface area (Å²) in [4.78, 5) is 17.4. The van der Waals surface area contributed by atoms with Crippen molar-refractivity contribution in [1.29, 1.82) is 0 Å². The average Bonchev–Trinajstić information content (AvgIpc) is 3.04. The van der Waals surface area contributed by atoms with Gasteiger partial charge in [0, 0.05) is 48.2 Å². The summed E-state index contributed by atoms with van der Waals surface area (Å²) in [6.45, 7) is 4.52. The fourth-order valence-corrected chi connectivity index (χ4v) is 5.54. The van der Waals surface area contributed by atoms with E-state index in [-0.39, 0.29) is 0 Å². The molecule has 3 aromatic rings. The number of hydrogen-bond donors (Lipinski definition) is 1. The number of imidazole rings is 1. The number of nitrogens with zero attached hydrogens (tertiary/aromatic N) is 5. The maximum absolute atomic E-state index is 6.28. The van der Waals surface area contributed by atoms with E-state index < -0.39 is 0 Å². The van der Waals surface area contributed by atoms with Crippen molar-refractivity contribution in [2.24, 2.45) is 11.3 Å². The highest BCUT2D eigenvalue weighted by atomic mass is 35.5. The van der Waals surface area contributed by atoms with Crippen LogP contribution in [0.15, 0.2) is 40.6 Å². The van der Waals surface area contributed by atoms with Crippen LogP contribution >= 0.6 is 23.4 Å². The van der Waals surface area contributed by atoms with Crippen molar-refractivity contribution in [3.05, 3.63) is 35.9 Å². The smallest absolute Gasteiger partial charge is 0.211 e. The van der Waals surface area contributed by atoms with Crippen LogP contribution in [0.1, 0.15) is 19.8 Å². The maximum atomic E-state index is 6.28. The van der Waals surface area contributed by atoms with Crippen LogP contribution in [0.3, 0.4) is 0 Å². The Balaban J connectivity index is 1.45. The second kappa shape index (κ2) is 5.76. The lowest BCUT2D eigenvalue weighted by atomic mass is 9.58. The molecule has 0 atom stereocenters. The van der Waals surface area contributed by atoms with Crippen LogP contribution in [0.4, 0.5) is 11.8 Å². The van der Waals surface area contributed by atoms with E-state index in [0.717, 1.165) is 40.4 Å². The van der Waals surface area contributed by atoms with E-state index in [1.165, 1.54) is 24.6 Å². The second-order valence-electron chi connectivity index (χ2n) is 7.52. The van der Waals surface area contributed by atoms with E-state index in [2.05, 4.69) is 26.2 Å². The van der Waals surface area contributed by atoms with E-state index in [9.17, 15) is 0 Å². The summed E-state index contributed by atoms with van der Waals surface area (Å²) in [5, 5.41) is 0.468. The van der Waals surface area contributed by atoms with Crippen LogP contribution in [0, 0.1) is 11.3 Å². The molecule has 1 saturated heterocycles. The van der Waals surface area contributed by atoms with Gasteiger partial charge >= 0.3 is 0 Å². The molecule has 6 nitrogen and oxygen atoms in total. The summed E-state index contributed by atoms with van der Waals surface area (Å²) in [5.41, 5.74) is 7.23. The highest BCUT2D eigenvalue weighted by molar-refractivity contribution is 7.99. The molecule has 1 saturated carbocycles. The molecular formula is C18H19ClN6S. The Morgan fingerprint density at radius 1 is 1.19 bits per heavy atom. The van der Waals surface area contributed by atoms with E-state index in [1.54, 1.807) is 6.20 Å². The molecule has 3 aromatic heterocycles. The summed E-state index contributed by atoms with van der Waals surface area (Å²) in [5.74, 6) is 2.17. The SMILES string of the molecule is CC1CC2(C1)CN(c1ncc(Sc3ccnc(N)c3Cl)c3nccn13)C2. The van der Waals surface area contributed by atoms with Gasteiger partial charge < -0.3 is 10.6 Å². The van der Waals surface area contributed by atoms with Gasteiger partial charge in [0.15, 0.2) is 5.65 Å². The quantitative estimate of drug-likeness (QED) is 0.739. The fraction of sp³-hybridized carbons (Fsp3) is 0.389. The minimum atomic E-state index is 0.334. The van der Waals surface area contributed by atoms with Gasteiger partial charge in [-0.25, -0.2) is 15.0 Å². The lowest BCUT2D eigenvalue weighted by Crippen LogP contribution is -2.62. The lowest BCUT2D eigenvalue weighted by Gasteiger charge is -2.58. The third-order valence-electron chi connectivity index (χ3n) is 5.37. The van der Waals surface area contributed by atoms with Crippen LogP contribution in [0.5, 0.6) is 0 Å². The first-order chi connectivity index (χ1) is 12.5. The minimum absolute atomic E-state index is 0.334. The average molecular weight is 387 g/mol. The molecule has 1 aliphatic carbocycles. The molecular weight excluding hydrogens is 368 g/mol. The van der Waals surface area contributed by atoms with Crippen LogP contribution in [0.2, 0.25) is 5.02 Å². The Morgan fingerprint density at radius 2 is 2.00 bits per heavy atom. The molecule has 2 fully saturated rings. The van der Waals surface area contributed by atoms with Crippen molar-refractivity contribution >= 4 is 40.8 Å². The van der Waals surface area contributed by atoms with Gasteiger partial charge in [0.25, 0.3) is 0 Å². The topological polar surface area (TPSA) is 72.3 Å². The van der Waals surface area contributed by atoms with Gasteiger partial charge in [-0.3, -0.25) is 4.40 Å². The molecule has 0 amide bonds. The first-order valence-electron chi connectivity index (χ1n) is 8.69. The Bertz CT molecular complexity index is 989. The third-order valence-corrected chi connectivity index (χ3v) is 6.95. The first-order valence-corrected chi connectivity index (χ1v) is 9.89. The summed E-state index contributed by atoms with van der Waals surface area (Å²) in [6, 6.07) is 1.85. The number of anilines is 2. The molecule has 1 aliphatic heterocycles. The maximum Gasteiger partial charge on any atom is 0.211 e. The Kier molecular flexibility index (Phi) is 3.59. The van der Waals surface area contributed by atoms with Crippen LogP contribution < -0.4 is 10.6 Å². The zero-order valence-corrected chi connectivity index (χ0v) is 16.0. The third kappa shape index (κ3) is 2.45. The largest absolute Gasteiger partial charge is 0.382 e. The van der Waals surface area contributed by atoms with Crippen molar-refractivity contribution in [2.75, 3.05) is 23.7 Å². The molecule has 0 unspecified atom stereocenters. The highest BCUT2D eigenvalue weighted by Gasteiger charge is 2.51. The molecule has 26 heavy (non-hydrogen) atoms. The first kappa shape index (κ1) is 16.2. The van der Waals surface area contributed by atoms with Gasteiger partial charge in [0.2, 0.25) is 5.95 Å². The van der Waals surface area contributed by atoms with E-state index in [4.69, 9.17) is 22.3 Å². The summed E-state index contributed by atoms with van der Waals surface area (Å²) in [6.07, 6.45) is 10.0. The molecule has 4 heterocycles. The standard InChI is InChI=1S/C18H19ClN6S/c1-11-6-18(7-11)9-24(10-18)17-23-8-13(16-22-4-5-25(16)17)26-12-2-3-21-15(20)14(12)19/h2-5,8,11H,6-7,9-10H2,1H3,(H2,20,21). The molecule has 134 valence electrons. The van der Waals surface area contributed by atoms with E-state index in [0.29, 0.717) is 16.3 Å². The predicted octanol–water partition coefficient (Wildman–Crippen LogP) is 3.75. The van der Waals surface area contributed by atoms with Crippen LogP contribution in [-0.4, -0.2) is 32.4 Å². The van der Waals surface area contributed by atoms with Gasteiger partial charge in [-0.05, 0) is 24.8 Å². The van der Waals surface area contributed by atoms with Gasteiger partial charge in [0.05, 0.1) is 9.92 Å². The Morgan fingerprint density at radius 3 is 2.77 bits per heavy atom. The van der Waals surface area contributed by atoms with E-state index in [1.807, 2.05) is 24.7 Å². The molecule has 0 bridgehead atoms. The molecule has 8 heteroatoms. The summed E-state index contributed by atoms with van der Waals surface area (Å²) >= 11 is 7.79. The van der Waals surface area contributed by atoms with Crippen LogP contribution in [-0.2, 0) is 0 Å². The molecule has 2 N–H and O–H groups in total. The van der Waals surface area contributed by atoms with Gasteiger partial charge in [0.1, 0.15) is 5.82 Å². The number of halogens is 1. The second-order valence-corrected chi connectivity index (χ2v) is 8.98. The zero-order valence-electron chi connectivity index (χ0n) is 14.4. The zero-order chi connectivity index (χ0) is 17.9. The van der Waals surface area contributed by atoms with Crippen molar-refractivity contribution in [3.8, 4) is 0 Å². The summed E-state index contributed by atoms with van der Waals surface area (Å²) < 4.78 is 2.07. The predicted molar refractivity (Wildman–Crippen MR) is 104 cm³/mol. The van der Waals surface area contributed by atoms with Crippen molar-refractivity contribution in [3.63, 3.8) is 0 Å². The number of aromatic nitrogens is 4. The normalized spacial score (nSPS) is 18.9. The number of hydrogen-bond acceptors (Lipinski definition) is 6. The minimum Gasteiger partial charge on any atom is -0.382 e. The Labute approximate surface area is 160 Å². The number of pyridine rings is 1. The van der Waals surface area contributed by atoms with Gasteiger partial charge in [-0.15, -0.1) is 0 Å². The summed E-state index contributed by atoms with van der Waals surface area (Å²) in [7, 11) is 0. The van der Waals surface area contributed by atoms with Gasteiger partial charge in [-0.2, -0.15) is 0 Å². The number of fused-ring (bicyclic) bond motifs is 1. The molecule has 0 radical (unpaired) electrons. The number of nitrogen functional groups attached to an aromatic ring is 1. The van der Waals surface area contributed by atoms with Gasteiger partial charge in [-0.1, -0.05) is 30.3 Å². The van der Waals surface area contributed by atoms with Crippen molar-refractivity contribution < 1.29 is 0 Å². The molecule has 2 aliphatic rings. The van der Waals surface area contributed by atoms with E-state index >= 15 is 0 Å².